The van der Waals surface area contributed by atoms with Gasteiger partial charge in [-0.25, -0.2) is 0 Å². The Hall–Kier alpha value is -2.37. The average molecular weight is 374 g/mol. The number of H-pyrrole nitrogens is 1. The van der Waals surface area contributed by atoms with Crippen LogP contribution in [0.15, 0.2) is 58.3 Å². The van der Waals surface area contributed by atoms with E-state index in [2.05, 4.69) is 65.2 Å². The van der Waals surface area contributed by atoms with Gasteiger partial charge in [-0.3, -0.25) is 14.8 Å². The SMILES string of the molecule is CC12CN3CC(C)(CN(C1)C3c1ccco1)C2N=Cc1cccc2[nH]ccc12. The van der Waals surface area contributed by atoms with E-state index in [1.54, 1.807) is 6.26 Å². The number of rotatable bonds is 3. The summed E-state index contributed by atoms with van der Waals surface area (Å²) in [7, 11) is 0. The van der Waals surface area contributed by atoms with E-state index in [1.807, 2.05) is 12.3 Å². The highest BCUT2D eigenvalue weighted by molar-refractivity contribution is 5.98. The van der Waals surface area contributed by atoms with Crippen molar-refractivity contribution in [3.05, 3.63) is 60.2 Å². The van der Waals surface area contributed by atoms with Crippen LogP contribution in [0.4, 0.5) is 0 Å². The van der Waals surface area contributed by atoms with Crippen molar-refractivity contribution in [3.8, 4) is 0 Å². The topological polar surface area (TPSA) is 47.8 Å². The molecule has 5 heteroatoms. The zero-order valence-corrected chi connectivity index (χ0v) is 16.4. The van der Waals surface area contributed by atoms with Gasteiger partial charge in [-0.1, -0.05) is 26.0 Å². The first-order chi connectivity index (χ1) is 13.6. The highest BCUT2D eigenvalue weighted by Crippen LogP contribution is 2.55. The predicted octanol–water partition coefficient (Wildman–Crippen LogP) is 3.90. The van der Waals surface area contributed by atoms with Crippen LogP contribution in [0.2, 0.25) is 0 Å². The molecule has 4 fully saturated rings. The summed E-state index contributed by atoms with van der Waals surface area (Å²) in [5.41, 5.74) is 2.70. The number of piperidine rings is 2. The molecule has 4 saturated heterocycles. The van der Waals surface area contributed by atoms with E-state index in [-0.39, 0.29) is 17.0 Å². The van der Waals surface area contributed by atoms with Gasteiger partial charge in [0.2, 0.25) is 0 Å². The number of nitrogens with one attached hydrogen (secondary N) is 1. The molecule has 4 aliphatic heterocycles. The van der Waals surface area contributed by atoms with Crippen LogP contribution in [0, 0.1) is 10.8 Å². The van der Waals surface area contributed by atoms with Gasteiger partial charge in [-0.15, -0.1) is 0 Å². The summed E-state index contributed by atoms with van der Waals surface area (Å²) < 4.78 is 5.77. The summed E-state index contributed by atoms with van der Waals surface area (Å²) in [6.07, 6.45) is 6.20. The maximum atomic E-state index is 5.77. The molecular weight excluding hydrogens is 348 g/mol. The lowest BCUT2D eigenvalue weighted by Gasteiger charge is -2.68. The predicted molar refractivity (Wildman–Crippen MR) is 110 cm³/mol. The van der Waals surface area contributed by atoms with Gasteiger partial charge in [-0.2, -0.15) is 0 Å². The van der Waals surface area contributed by atoms with Crippen molar-refractivity contribution >= 4 is 17.1 Å². The smallest absolute Gasteiger partial charge is 0.135 e. The molecule has 0 atom stereocenters. The molecule has 7 rings (SSSR count). The van der Waals surface area contributed by atoms with Crippen molar-refractivity contribution in [3.63, 3.8) is 0 Å². The maximum Gasteiger partial charge on any atom is 0.135 e. The Labute approximate surface area is 165 Å². The molecule has 0 aliphatic carbocycles. The Morgan fingerprint density at radius 3 is 2.46 bits per heavy atom. The van der Waals surface area contributed by atoms with Crippen LogP contribution in [0.1, 0.15) is 31.3 Å². The minimum atomic E-state index is 0.164. The van der Waals surface area contributed by atoms with Gasteiger partial charge in [0.1, 0.15) is 11.9 Å². The molecule has 144 valence electrons. The van der Waals surface area contributed by atoms with E-state index < -0.39 is 0 Å². The van der Waals surface area contributed by atoms with Gasteiger partial charge in [-0.05, 0) is 24.3 Å². The molecule has 4 aliphatic rings. The van der Waals surface area contributed by atoms with Crippen molar-refractivity contribution < 1.29 is 4.42 Å². The molecule has 1 N–H and O–H groups in total. The minimum absolute atomic E-state index is 0.164. The summed E-state index contributed by atoms with van der Waals surface area (Å²) >= 11 is 0. The number of nitrogens with zero attached hydrogens (tertiary/aromatic N) is 3. The van der Waals surface area contributed by atoms with Gasteiger partial charge in [0, 0.05) is 65.9 Å². The van der Waals surface area contributed by atoms with Gasteiger partial charge >= 0.3 is 0 Å². The number of furan rings is 1. The molecule has 5 nitrogen and oxygen atoms in total. The highest BCUT2D eigenvalue weighted by atomic mass is 16.3. The van der Waals surface area contributed by atoms with E-state index in [9.17, 15) is 0 Å². The summed E-state index contributed by atoms with van der Waals surface area (Å²) in [5, 5.41) is 1.25. The van der Waals surface area contributed by atoms with Crippen molar-refractivity contribution in [2.24, 2.45) is 15.8 Å². The first-order valence-corrected chi connectivity index (χ1v) is 10.2. The van der Waals surface area contributed by atoms with Crippen molar-refractivity contribution in [1.82, 2.24) is 14.8 Å². The molecule has 28 heavy (non-hydrogen) atoms. The standard InChI is InChI=1S/C23H26N4O/c1-22-12-26-14-23(2,15-27(13-22)20(26)19-7-4-10-28-19)21(22)25-11-16-5-3-6-18-17(16)8-9-24-18/h3-11,20-21,24H,12-15H2,1-2H3. The molecule has 2 aromatic heterocycles. The van der Waals surface area contributed by atoms with Crippen LogP contribution in [0.25, 0.3) is 10.9 Å². The Morgan fingerprint density at radius 1 is 1.04 bits per heavy atom. The Morgan fingerprint density at radius 2 is 1.79 bits per heavy atom. The third-order valence-electron chi connectivity index (χ3n) is 7.06. The van der Waals surface area contributed by atoms with Gasteiger partial charge in [0.15, 0.2) is 0 Å². The third kappa shape index (κ3) is 2.23. The molecule has 1 aromatic carbocycles. The summed E-state index contributed by atoms with van der Waals surface area (Å²) in [6, 6.07) is 13.0. The lowest BCUT2D eigenvalue weighted by molar-refractivity contribution is -0.209. The Bertz CT molecular complexity index is 1010. The third-order valence-corrected chi connectivity index (χ3v) is 7.06. The fourth-order valence-corrected chi connectivity index (χ4v) is 6.37. The molecule has 3 aromatic rings. The zero-order valence-electron chi connectivity index (χ0n) is 16.4. The molecular formula is C23H26N4O. The number of aromatic nitrogens is 1. The largest absolute Gasteiger partial charge is 0.466 e. The van der Waals surface area contributed by atoms with Gasteiger partial charge in [0.05, 0.1) is 12.3 Å². The molecule has 0 spiro atoms. The first kappa shape index (κ1) is 16.6. The summed E-state index contributed by atoms with van der Waals surface area (Å²) in [6.45, 7) is 9.12. The number of aliphatic imine (C=N–C) groups is 1. The Balaban J connectivity index is 1.34. The molecule has 6 heterocycles. The molecule has 0 unspecified atom stereocenters. The number of hydrogen-bond donors (Lipinski definition) is 1. The summed E-state index contributed by atoms with van der Waals surface area (Å²) in [4.78, 5) is 13.7. The molecule has 0 radical (unpaired) electrons. The van der Waals surface area contributed by atoms with Crippen molar-refractivity contribution in [2.75, 3.05) is 26.2 Å². The van der Waals surface area contributed by atoms with Crippen LogP contribution in [0.3, 0.4) is 0 Å². The van der Waals surface area contributed by atoms with Crippen LogP contribution < -0.4 is 0 Å². The van der Waals surface area contributed by atoms with Gasteiger partial charge in [0.25, 0.3) is 0 Å². The van der Waals surface area contributed by atoms with E-state index >= 15 is 0 Å². The van der Waals surface area contributed by atoms with Gasteiger partial charge < -0.3 is 9.40 Å². The van der Waals surface area contributed by atoms with Crippen LogP contribution in [-0.4, -0.2) is 53.2 Å². The van der Waals surface area contributed by atoms with Crippen LogP contribution in [0.5, 0.6) is 0 Å². The number of fused-ring (bicyclic) bond motifs is 1. The lowest BCUT2D eigenvalue weighted by Crippen LogP contribution is -2.76. The summed E-state index contributed by atoms with van der Waals surface area (Å²) in [5.74, 6) is 1.07. The highest BCUT2D eigenvalue weighted by Gasteiger charge is 2.62. The number of aromatic amines is 1. The normalized spacial score (nSPS) is 39.4. The van der Waals surface area contributed by atoms with Crippen LogP contribution in [-0.2, 0) is 0 Å². The quantitative estimate of drug-likeness (QED) is 0.707. The van der Waals surface area contributed by atoms with E-state index in [4.69, 9.17) is 9.41 Å². The second-order valence-corrected chi connectivity index (χ2v) is 9.47. The first-order valence-electron chi connectivity index (χ1n) is 10.2. The fraction of sp³-hybridized carbons (Fsp3) is 0.435. The van der Waals surface area contributed by atoms with Crippen molar-refractivity contribution in [1.29, 1.82) is 0 Å². The van der Waals surface area contributed by atoms with E-state index in [1.165, 1.54) is 16.5 Å². The van der Waals surface area contributed by atoms with E-state index in [0.29, 0.717) is 6.04 Å². The average Bonchev–Trinajstić information content (AvgIpc) is 3.31. The molecule has 4 bridgehead atoms. The maximum absolute atomic E-state index is 5.77. The second-order valence-electron chi connectivity index (χ2n) is 9.47. The number of benzene rings is 1. The second kappa shape index (κ2) is 5.58. The Kier molecular flexibility index (Phi) is 3.30. The monoisotopic (exact) mass is 374 g/mol. The van der Waals surface area contributed by atoms with E-state index in [0.717, 1.165) is 31.9 Å². The number of hydrogen-bond acceptors (Lipinski definition) is 4. The molecule has 0 amide bonds. The molecule has 0 saturated carbocycles. The zero-order chi connectivity index (χ0) is 18.9. The minimum Gasteiger partial charge on any atom is -0.466 e. The van der Waals surface area contributed by atoms with Crippen molar-refractivity contribution in [2.45, 2.75) is 26.1 Å². The fourth-order valence-electron chi connectivity index (χ4n) is 6.37. The lowest BCUT2D eigenvalue weighted by atomic mass is 9.59. The van der Waals surface area contributed by atoms with Crippen LogP contribution >= 0.6 is 0 Å².